The highest BCUT2D eigenvalue weighted by Crippen LogP contribution is 2.55. The molecule has 0 bridgehead atoms. The minimum Gasteiger partial charge on any atom is -0.496 e. The molecule has 2 rings (SSSR count). The van der Waals surface area contributed by atoms with Gasteiger partial charge >= 0.3 is 0 Å². The molecule has 3 nitrogen and oxygen atoms in total. The van der Waals surface area contributed by atoms with Crippen molar-refractivity contribution < 1.29 is 13.9 Å². The lowest BCUT2D eigenvalue weighted by atomic mass is 10.0. The molecule has 0 aliphatic heterocycles. The first-order valence-corrected chi connectivity index (χ1v) is 5.55. The maximum absolute atomic E-state index is 13.6. The number of hydrogen-bond donors (Lipinski definition) is 0. The maximum atomic E-state index is 13.6. The Morgan fingerprint density at radius 1 is 1.59 bits per heavy atom. The van der Waals surface area contributed by atoms with Gasteiger partial charge in [-0.3, -0.25) is 0 Å². The van der Waals surface area contributed by atoms with Gasteiger partial charge in [-0.2, -0.15) is 4.99 Å². The number of hydrogen-bond acceptors (Lipinski definition) is 3. The van der Waals surface area contributed by atoms with Crippen LogP contribution in [0, 0.1) is 12.7 Å². The largest absolute Gasteiger partial charge is 0.496 e. The Balaban J connectivity index is 2.71. The van der Waals surface area contributed by atoms with Crippen LogP contribution < -0.4 is 4.74 Å². The third kappa shape index (κ3) is 1.84. The lowest BCUT2D eigenvalue weighted by Gasteiger charge is -2.17. The van der Waals surface area contributed by atoms with E-state index in [1.54, 1.807) is 6.92 Å². The van der Waals surface area contributed by atoms with Crippen LogP contribution >= 0.6 is 11.6 Å². The number of halogens is 2. The highest BCUT2D eigenvalue weighted by atomic mass is 35.5. The van der Waals surface area contributed by atoms with Crippen molar-refractivity contribution in [2.75, 3.05) is 7.11 Å². The van der Waals surface area contributed by atoms with Gasteiger partial charge in [0, 0.05) is 5.56 Å². The molecule has 1 fully saturated rings. The molecule has 1 aliphatic carbocycles. The van der Waals surface area contributed by atoms with Crippen molar-refractivity contribution in [1.82, 2.24) is 0 Å². The molecular weight excluding hydrogens is 245 g/mol. The fraction of sp³-hybridized carbons (Fsp3) is 0.417. The van der Waals surface area contributed by atoms with Crippen LogP contribution in [0.15, 0.2) is 11.1 Å². The standard InChI is InChI=1S/C12H11ClFNO2/c1-7-5-8(14)10(13)9(11(7)17-2)12(3-4-12)15-6-16/h5H,3-4H2,1-2H3. The molecular formula is C12H11ClFNO2. The predicted octanol–water partition coefficient (Wildman–Crippen LogP) is 3.12. The minimum atomic E-state index is -0.739. The van der Waals surface area contributed by atoms with Gasteiger partial charge in [0.25, 0.3) is 0 Å². The molecule has 0 unspecified atom stereocenters. The van der Waals surface area contributed by atoms with E-state index < -0.39 is 11.4 Å². The van der Waals surface area contributed by atoms with E-state index in [1.165, 1.54) is 19.3 Å². The van der Waals surface area contributed by atoms with Crippen LogP contribution in [0.5, 0.6) is 5.75 Å². The zero-order valence-corrected chi connectivity index (χ0v) is 10.3. The Morgan fingerprint density at radius 3 is 2.71 bits per heavy atom. The van der Waals surface area contributed by atoms with Gasteiger partial charge in [-0.05, 0) is 31.4 Å². The fourth-order valence-corrected chi connectivity index (χ4v) is 2.35. The molecule has 1 saturated carbocycles. The maximum Gasteiger partial charge on any atom is 0.235 e. The SMILES string of the molecule is COc1c(C)cc(F)c(Cl)c1C1(N=C=O)CC1. The van der Waals surface area contributed by atoms with Crippen LogP contribution in [0.2, 0.25) is 5.02 Å². The molecule has 5 heteroatoms. The van der Waals surface area contributed by atoms with Crippen LogP contribution in [0.1, 0.15) is 24.0 Å². The van der Waals surface area contributed by atoms with Gasteiger partial charge in [-0.25, -0.2) is 9.18 Å². The van der Waals surface area contributed by atoms with Crippen molar-refractivity contribution >= 4 is 17.7 Å². The molecule has 0 aromatic heterocycles. The molecule has 90 valence electrons. The number of carbonyl (C=O) groups excluding carboxylic acids is 1. The molecule has 0 saturated heterocycles. The lowest BCUT2D eigenvalue weighted by Crippen LogP contribution is -2.08. The van der Waals surface area contributed by atoms with Gasteiger partial charge in [-0.15, -0.1) is 0 Å². The number of benzene rings is 1. The molecule has 0 N–H and O–H groups in total. The van der Waals surface area contributed by atoms with Crippen LogP contribution in [-0.2, 0) is 10.3 Å². The number of methoxy groups -OCH3 is 1. The molecule has 17 heavy (non-hydrogen) atoms. The van der Waals surface area contributed by atoms with Gasteiger partial charge in [0.1, 0.15) is 17.1 Å². The van der Waals surface area contributed by atoms with Gasteiger partial charge in [0.2, 0.25) is 6.08 Å². The summed E-state index contributed by atoms with van der Waals surface area (Å²) in [7, 11) is 1.49. The Labute approximate surface area is 103 Å². The van der Waals surface area contributed by atoms with E-state index in [0.717, 1.165) is 0 Å². The summed E-state index contributed by atoms with van der Waals surface area (Å²) < 4.78 is 18.9. The zero-order chi connectivity index (χ0) is 12.6. The van der Waals surface area contributed by atoms with E-state index in [4.69, 9.17) is 16.3 Å². The van der Waals surface area contributed by atoms with Crippen LogP contribution in [0.3, 0.4) is 0 Å². The third-order valence-electron chi connectivity index (χ3n) is 3.01. The van der Waals surface area contributed by atoms with Crippen LogP contribution in [0.25, 0.3) is 0 Å². The molecule has 0 spiro atoms. The second-order valence-electron chi connectivity index (χ2n) is 4.13. The van der Waals surface area contributed by atoms with Crippen molar-refractivity contribution in [3.63, 3.8) is 0 Å². The zero-order valence-electron chi connectivity index (χ0n) is 9.51. The van der Waals surface area contributed by atoms with Crippen molar-refractivity contribution in [2.45, 2.75) is 25.3 Å². The average Bonchev–Trinajstić information content (AvgIpc) is 3.04. The van der Waals surface area contributed by atoms with E-state index in [-0.39, 0.29) is 5.02 Å². The fourth-order valence-electron chi connectivity index (χ4n) is 2.04. The summed E-state index contributed by atoms with van der Waals surface area (Å²) in [5, 5.41) is -0.0241. The van der Waals surface area contributed by atoms with Crippen molar-refractivity contribution in [2.24, 2.45) is 4.99 Å². The molecule has 0 heterocycles. The number of nitrogens with zero attached hydrogens (tertiary/aromatic N) is 1. The lowest BCUT2D eigenvalue weighted by molar-refractivity contribution is 0.399. The van der Waals surface area contributed by atoms with E-state index >= 15 is 0 Å². The van der Waals surface area contributed by atoms with E-state index in [1.807, 2.05) is 0 Å². The molecule has 0 amide bonds. The number of aliphatic imine (C=N–C) groups is 1. The van der Waals surface area contributed by atoms with E-state index in [0.29, 0.717) is 29.7 Å². The van der Waals surface area contributed by atoms with Gasteiger partial charge in [0.15, 0.2) is 0 Å². The molecule has 1 aromatic carbocycles. The molecule has 1 aliphatic rings. The summed E-state index contributed by atoms with van der Waals surface area (Å²) >= 11 is 5.96. The van der Waals surface area contributed by atoms with Crippen molar-refractivity contribution in [3.8, 4) is 5.75 Å². The Kier molecular flexibility index (Phi) is 2.94. The molecule has 0 atom stereocenters. The minimum absolute atomic E-state index is 0.0241. The van der Waals surface area contributed by atoms with Gasteiger partial charge in [-0.1, -0.05) is 11.6 Å². The summed E-state index contributed by atoms with van der Waals surface area (Å²) in [5.74, 6) is -0.0276. The summed E-state index contributed by atoms with van der Waals surface area (Å²) in [5.41, 5.74) is 0.358. The van der Waals surface area contributed by atoms with Crippen LogP contribution in [-0.4, -0.2) is 13.2 Å². The highest BCUT2D eigenvalue weighted by Gasteiger charge is 2.49. The smallest absolute Gasteiger partial charge is 0.235 e. The first-order chi connectivity index (χ1) is 8.05. The topological polar surface area (TPSA) is 38.7 Å². The quantitative estimate of drug-likeness (QED) is 0.615. The Morgan fingerprint density at radius 2 is 2.24 bits per heavy atom. The average molecular weight is 256 g/mol. The van der Waals surface area contributed by atoms with E-state index in [2.05, 4.69) is 4.99 Å². The number of aryl methyl sites for hydroxylation is 1. The molecule has 1 aromatic rings. The van der Waals surface area contributed by atoms with Crippen molar-refractivity contribution in [3.05, 3.63) is 28.0 Å². The summed E-state index contributed by atoms with van der Waals surface area (Å²) in [6.07, 6.45) is 2.83. The Bertz CT molecular complexity index is 520. The van der Waals surface area contributed by atoms with Crippen LogP contribution in [0.4, 0.5) is 4.39 Å². The number of ether oxygens (including phenoxy) is 1. The summed E-state index contributed by atoms with van der Waals surface area (Å²) in [6.45, 7) is 1.72. The van der Waals surface area contributed by atoms with E-state index in [9.17, 15) is 9.18 Å². The second kappa shape index (κ2) is 4.13. The monoisotopic (exact) mass is 255 g/mol. The first-order valence-electron chi connectivity index (χ1n) is 5.18. The third-order valence-corrected chi connectivity index (χ3v) is 3.38. The normalized spacial score (nSPS) is 16.2. The summed E-state index contributed by atoms with van der Waals surface area (Å²) in [6, 6.07) is 1.31. The highest BCUT2D eigenvalue weighted by molar-refractivity contribution is 6.32. The summed E-state index contributed by atoms with van der Waals surface area (Å²) in [4.78, 5) is 14.2. The first kappa shape index (κ1) is 12.1. The number of isocyanates is 1. The number of rotatable bonds is 3. The Hall–Kier alpha value is -1.38. The van der Waals surface area contributed by atoms with Gasteiger partial charge in [0.05, 0.1) is 12.1 Å². The van der Waals surface area contributed by atoms with Gasteiger partial charge < -0.3 is 4.74 Å². The predicted molar refractivity (Wildman–Crippen MR) is 61.7 cm³/mol. The molecule has 0 radical (unpaired) electrons. The second-order valence-corrected chi connectivity index (χ2v) is 4.51. The van der Waals surface area contributed by atoms with Crippen molar-refractivity contribution in [1.29, 1.82) is 0 Å².